The molecule has 9 nitrogen and oxygen atoms in total. The zero-order valence-corrected chi connectivity index (χ0v) is 22.1. The molecule has 2 heterocycles. The smallest absolute Gasteiger partial charge is 0.338 e. The molecule has 2 unspecified atom stereocenters. The summed E-state index contributed by atoms with van der Waals surface area (Å²) in [7, 11) is 0. The van der Waals surface area contributed by atoms with Crippen LogP contribution in [0.15, 0.2) is 76.4 Å². The zero-order chi connectivity index (χ0) is 28.0. The number of alkyl halides is 1. The molecule has 0 saturated carbocycles. The lowest BCUT2D eigenvalue weighted by molar-refractivity contribution is -0.119. The average molecular weight is 550 g/mol. The summed E-state index contributed by atoms with van der Waals surface area (Å²) in [6.45, 7) is 2.07. The van der Waals surface area contributed by atoms with E-state index in [1.54, 1.807) is 54.3 Å². The first-order valence-corrected chi connectivity index (χ1v) is 13.0. The third-order valence-corrected chi connectivity index (χ3v) is 6.63. The van der Waals surface area contributed by atoms with Gasteiger partial charge in [0, 0.05) is 35.9 Å². The molecule has 10 heteroatoms. The van der Waals surface area contributed by atoms with Crippen LogP contribution in [0.25, 0.3) is 0 Å². The fraction of sp³-hybridized carbons (Fsp3) is 0.310. The van der Waals surface area contributed by atoms with Crippen molar-refractivity contribution in [2.45, 2.75) is 37.8 Å². The van der Waals surface area contributed by atoms with Crippen molar-refractivity contribution in [3.8, 4) is 17.6 Å². The second-order valence-electron chi connectivity index (χ2n) is 9.30. The predicted molar refractivity (Wildman–Crippen MR) is 147 cm³/mol. The molecule has 3 aromatic rings. The number of anilines is 1. The molecule has 1 saturated heterocycles. The van der Waals surface area contributed by atoms with Crippen molar-refractivity contribution in [2.75, 3.05) is 23.9 Å². The van der Waals surface area contributed by atoms with Crippen molar-refractivity contribution >= 4 is 29.1 Å². The molecule has 2 atom stereocenters. The van der Waals surface area contributed by atoms with Crippen LogP contribution in [0.5, 0.6) is 5.75 Å². The quantitative estimate of drug-likeness (QED) is 0.342. The number of ether oxygens (including phenoxy) is 1. The topological polar surface area (TPSA) is 111 Å². The highest BCUT2D eigenvalue weighted by molar-refractivity contribution is 6.17. The SMILES string of the molecule is CC(O)(C#CCOc1ccc(N2CCC(n3ccc(=O)n(C(=O)c4ccccc4)c3=O)C2=O)cc1)CCCCl. The van der Waals surface area contributed by atoms with Crippen molar-refractivity contribution < 1.29 is 19.4 Å². The van der Waals surface area contributed by atoms with E-state index >= 15 is 0 Å². The van der Waals surface area contributed by atoms with Crippen LogP contribution in [-0.2, 0) is 4.79 Å². The van der Waals surface area contributed by atoms with Crippen LogP contribution < -0.4 is 20.9 Å². The number of carbonyl (C=O) groups excluding carboxylic acids is 2. The van der Waals surface area contributed by atoms with Gasteiger partial charge in [0.1, 0.15) is 24.0 Å². The van der Waals surface area contributed by atoms with E-state index in [0.717, 1.165) is 10.6 Å². The third-order valence-electron chi connectivity index (χ3n) is 6.36. The Labute approximate surface area is 230 Å². The summed E-state index contributed by atoms with van der Waals surface area (Å²) in [4.78, 5) is 53.2. The second-order valence-corrected chi connectivity index (χ2v) is 9.67. The van der Waals surface area contributed by atoms with Gasteiger partial charge in [-0.2, -0.15) is 4.57 Å². The van der Waals surface area contributed by atoms with Gasteiger partial charge in [-0.25, -0.2) is 4.79 Å². The average Bonchev–Trinajstić information content (AvgIpc) is 3.31. The summed E-state index contributed by atoms with van der Waals surface area (Å²) < 4.78 is 7.31. The Balaban J connectivity index is 1.45. The summed E-state index contributed by atoms with van der Waals surface area (Å²) in [6.07, 6.45) is 2.72. The van der Waals surface area contributed by atoms with Gasteiger partial charge in [-0.1, -0.05) is 30.0 Å². The van der Waals surface area contributed by atoms with Crippen LogP contribution in [0.2, 0.25) is 0 Å². The molecule has 1 aromatic heterocycles. The van der Waals surface area contributed by atoms with Crippen molar-refractivity contribution in [3.63, 3.8) is 0 Å². The molecule has 1 fully saturated rings. The maximum atomic E-state index is 13.3. The number of benzene rings is 2. The highest BCUT2D eigenvalue weighted by Gasteiger charge is 2.35. The predicted octanol–water partition coefficient (Wildman–Crippen LogP) is 2.83. The van der Waals surface area contributed by atoms with Crippen molar-refractivity contribution in [2.24, 2.45) is 0 Å². The molecule has 39 heavy (non-hydrogen) atoms. The van der Waals surface area contributed by atoms with Gasteiger partial charge in [0.05, 0.1) is 0 Å². The molecule has 0 bridgehead atoms. The molecule has 1 aliphatic heterocycles. The molecule has 0 radical (unpaired) electrons. The normalized spacial score (nSPS) is 16.3. The first kappa shape index (κ1) is 27.9. The van der Waals surface area contributed by atoms with Gasteiger partial charge in [-0.15, -0.1) is 11.6 Å². The number of rotatable bonds is 8. The van der Waals surface area contributed by atoms with E-state index in [1.807, 2.05) is 0 Å². The minimum atomic E-state index is -1.13. The van der Waals surface area contributed by atoms with Crippen LogP contribution in [0.4, 0.5) is 5.69 Å². The van der Waals surface area contributed by atoms with Gasteiger partial charge in [0.15, 0.2) is 0 Å². The summed E-state index contributed by atoms with van der Waals surface area (Å²) in [5.41, 5.74) is -1.93. The Kier molecular flexibility index (Phi) is 8.69. The number of hydrogen-bond acceptors (Lipinski definition) is 6. The van der Waals surface area contributed by atoms with Crippen LogP contribution >= 0.6 is 11.6 Å². The molecule has 202 valence electrons. The highest BCUT2D eigenvalue weighted by Crippen LogP contribution is 2.29. The fourth-order valence-corrected chi connectivity index (χ4v) is 4.48. The highest BCUT2D eigenvalue weighted by atomic mass is 35.5. The zero-order valence-electron chi connectivity index (χ0n) is 21.4. The Morgan fingerprint density at radius 3 is 2.51 bits per heavy atom. The van der Waals surface area contributed by atoms with Gasteiger partial charge < -0.3 is 14.7 Å². The number of hydrogen-bond donors (Lipinski definition) is 1. The van der Waals surface area contributed by atoms with Crippen molar-refractivity contribution in [3.05, 3.63) is 93.3 Å². The first-order chi connectivity index (χ1) is 18.7. The molecule has 1 N–H and O–H groups in total. The third kappa shape index (κ3) is 6.48. The molecule has 1 amide bonds. The molecule has 0 spiro atoms. The number of amides is 1. The van der Waals surface area contributed by atoms with Crippen LogP contribution in [0.1, 0.15) is 42.6 Å². The van der Waals surface area contributed by atoms with Gasteiger partial charge in [0.2, 0.25) is 5.91 Å². The number of nitrogens with zero attached hydrogens (tertiary/aromatic N) is 3. The number of halogens is 1. The Morgan fingerprint density at radius 2 is 1.82 bits per heavy atom. The number of aromatic nitrogens is 2. The maximum absolute atomic E-state index is 13.3. The molecular weight excluding hydrogens is 522 g/mol. The summed E-state index contributed by atoms with van der Waals surface area (Å²) in [6, 6.07) is 15.1. The van der Waals surface area contributed by atoms with E-state index in [2.05, 4.69) is 11.8 Å². The molecular formula is C29H28ClN3O6. The molecule has 0 aliphatic carbocycles. The Bertz CT molecular complexity index is 1520. The second kappa shape index (κ2) is 12.2. The Morgan fingerprint density at radius 1 is 1.10 bits per heavy atom. The first-order valence-electron chi connectivity index (χ1n) is 12.5. The number of aliphatic hydroxyl groups is 1. The van der Waals surface area contributed by atoms with E-state index in [0.29, 0.717) is 47.7 Å². The van der Waals surface area contributed by atoms with Crippen LogP contribution in [0, 0.1) is 11.8 Å². The lowest BCUT2D eigenvalue weighted by atomic mass is 10.0. The maximum Gasteiger partial charge on any atom is 0.338 e. The van der Waals surface area contributed by atoms with Crippen LogP contribution in [0.3, 0.4) is 0 Å². The summed E-state index contributed by atoms with van der Waals surface area (Å²) >= 11 is 5.66. The fourth-order valence-electron chi connectivity index (χ4n) is 4.35. The molecule has 4 rings (SSSR count). The van der Waals surface area contributed by atoms with Crippen LogP contribution in [-0.4, -0.2) is 50.7 Å². The van der Waals surface area contributed by atoms with E-state index in [-0.39, 0.29) is 18.1 Å². The lowest BCUT2D eigenvalue weighted by Crippen LogP contribution is -2.45. The monoisotopic (exact) mass is 549 g/mol. The minimum Gasteiger partial charge on any atom is -0.481 e. The van der Waals surface area contributed by atoms with E-state index < -0.39 is 28.8 Å². The lowest BCUT2D eigenvalue weighted by Gasteiger charge is -2.18. The number of carbonyl (C=O) groups is 2. The van der Waals surface area contributed by atoms with E-state index in [9.17, 15) is 24.3 Å². The standard InChI is InChI=1S/C29H28ClN3O6/c1-29(38,15-5-17-30)16-6-20-39-23-11-9-22(10-12-23)31-18-13-24(27(31)36)32-19-14-25(34)33(28(32)37)26(35)21-7-3-2-4-8-21/h2-4,7-12,14,19,24,38H,5,13,15,17-18,20H2,1H3. The summed E-state index contributed by atoms with van der Waals surface area (Å²) in [5, 5.41) is 10.2. The summed E-state index contributed by atoms with van der Waals surface area (Å²) in [5.74, 6) is 5.50. The Hall–Kier alpha value is -4.13. The van der Waals surface area contributed by atoms with E-state index in [4.69, 9.17) is 16.3 Å². The van der Waals surface area contributed by atoms with Crippen molar-refractivity contribution in [1.29, 1.82) is 0 Å². The van der Waals surface area contributed by atoms with Gasteiger partial charge in [-0.3, -0.25) is 19.0 Å². The largest absolute Gasteiger partial charge is 0.481 e. The van der Waals surface area contributed by atoms with Gasteiger partial charge in [-0.05, 0) is 62.6 Å². The minimum absolute atomic E-state index is 0.0847. The van der Waals surface area contributed by atoms with E-state index in [1.165, 1.54) is 18.3 Å². The van der Waals surface area contributed by atoms with Gasteiger partial charge >= 0.3 is 5.69 Å². The molecule has 1 aliphatic rings. The van der Waals surface area contributed by atoms with Gasteiger partial charge in [0.25, 0.3) is 11.5 Å². The van der Waals surface area contributed by atoms with Crippen molar-refractivity contribution in [1.82, 2.24) is 9.13 Å². The molecule has 2 aromatic carbocycles.